The van der Waals surface area contributed by atoms with Crippen LogP contribution >= 0.6 is 0 Å². The van der Waals surface area contributed by atoms with Crippen molar-refractivity contribution in [2.75, 3.05) is 26.4 Å². The molecule has 11 heteroatoms. The van der Waals surface area contributed by atoms with Gasteiger partial charge in [-0.1, -0.05) is 6.92 Å². The van der Waals surface area contributed by atoms with Crippen LogP contribution in [0.2, 0.25) is 0 Å². The van der Waals surface area contributed by atoms with E-state index in [4.69, 9.17) is 33.7 Å². The van der Waals surface area contributed by atoms with Crippen LogP contribution in [0.3, 0.4) is 0 Å². The summed E-state index contributed by atoms with van der Waals surface area (Å²) in [5.41, 5.74) is 0. The second-order valence-corrected chi connectivity index (χ2v) is 5.99. The molecule has 11 nitrogen and oxygen atoms in total. The summed E-state index contributed by atoms with van der Waals surface area (Å²) < 4.78 is 32.5. The summed E-state index contributed by atoms with van der Waals surface area (Å²) in [5, 5.41) is 8.23. The van der Waals surface area contributed by atoms with Gasteiger partial charge >= 0.3 is 17.9 Å². The third-order valence-corrected chi connectivity index (χ3v) is 3.73. The maximum Gasteiger partial charge on any atom is 0.303 e. The van der Waals surface area contributed by atoms with Crippen molar-refractivity contribution in [3.63, 3.8) is 0 Å². The van der Waals surface area contributed by atoms with Crippen LogP contribution in [-0.4, -0.2) is 80.3 Å². The summed E-state index contributed by atoms with van der Waals surface area (Å²) in [6.07, 6.45) is -4.50. The van der Waals surface area contributed by atoms with Gasteiger partial charge in [-0.3, -0.25) is 19.6 Å². The fourth-order valence-corrected chi connectivity index (χ4v) is 2.74. The Balaban J connectivity index is 2.94. The van der Waals surface area contributed by atoms with Crippen LogP contribution in [0.1, 0.15) is 34.1 Å². The fourth-order valence-electron chi connectivity index (χ4n) is 2.74. The first-order chi connectivity index (χ1) is 13.3. The van der Waals surface area contributed by atoms with Crippen LogP contribution in [0, 0.1) is 0 Å². The summed E-state index contributed by atoms with van der Waals surface area (Å²) in [4.78, 5) is 38.6. The van der Waals surface area contributed by atoms with Gasteiger partial charge in [0.05, 0.1) is 19.8 Å². The minimum atomic E-state index is -1.14. The lowest BCUT2D eigenvalue weighted by atomic mass is 9.96. The Hall–Kier alpha value is -1.79. The largest absolute Gasteiger partial charge is 0.456 e. The predicted octanol–water partition coefficient (Wildman–Crippen LogP) is 0.439. The molecule has 0 aromatic rings. The molecule has 0 aromatic heterocycles. The van der Waals surface area contributed by atoms with Gasteiger partial charge < -0.3 is 28.4 Å². The van der Waals surface area contributed by atoms with E-state index in [1.165, 1.54) is 20.8 Å². The van der Waals surface area contributed by atoms with Gasteiger partial charge in [-0.25, -0.2) is 4.89 Å². The van der Waals surface area contributed by atoms with E-state index in [0.29, 0.717) is 6.42 Å². The molecule has 1 N–H and O–H groups in total. The van der Waals surface area contributed by atoms with Crippen molar-refractivity contribution in [1.29, 1.82) is 0 Å². The van der Waals surface area contributed by atoms with Crippen LogP contribution in [0.25, 0.3) is 0 Å². The van der Waals surface area contributed by atoms with Crippen molar-refractivity contribution in [3.05, 3.63) is 0 Å². The maximum atomic E-state index is 11.6. The molecule has 5 unspecified atom stereocenters. The molecule has 0 saturated carbocycles. The van der Waals surface area contributed by atoms with Gasteiger partial charge in [0.2, 0.25) is 0 Å². The van der Waals surface area contributed by atoms with Crippen molar-refractivity contribution >= 4 is 17.9 Å². The van der Waals surface area contributed by atoms with Gasteiger partial charge in [0.15, 0.2) is 24.6 Å². The summed E-state index contributed by atoms with van der Waals surface area (Å²) >= 11 is 0. The van der Waals surface area contributed by atoms with Crippen LogP contribution in [-0.2, 0) is 47.7 Å². The Labute approximate surface area is 163 Å². The molecule has 0 radical (unpaired) electrons. The number of rotatable bonds is 11. The molecule has 1 heterocycles. The highest BCUT2D eigenvalue weighted by Crippen LogP contribution is 2.30. The van der Waals surface area contributed by atoms with Crippen LogP contribution in [0.5, 0.6) is 0 Å². The first-order valence-corrected chi connectivity index (χ1v) is 8.92. The monoisotopic (exact) mass is 408 g/mol. The van der Waals surface area contributed by atoms with E-state index in [1.54, 1.807) is 6.92 Å². The molecule has 1 rings (SSSR count). The number of carbonyl (C=O) groups excluding carboxylic acids is 3. The van der Waals surface area contributed by atoms with Crippen molar-refractivity contribution in [3.8, 4) is 0 Å². The number of ether oxygens (including phenoxy) is 6. The lowest BCUT2D eigenvalue weighted by Gasteiger charge is -2.44. The zero-order valence-corrected chi connectivity index (χ0v) is 16.5. The first-order valence-electron chi connectivity index (χ1n) is 8.92. The predicted molar refractivity (Wildman–Crippen MR) is 91.0 cm³/mol. The smallest absolute Gasteiger partial charge is 0.303 e. The number of esters is 3. The molecule has 1 aliphatic rings. The van der Waals surface area contributed by atoms with E-state index in [2.05, 4.69) is 4.89 Å². The Bertz CT molecular complexity index is 509. The third kappa shape index (κ3) is 8.07. The van der Waals surface area contributed by atoms with Gasteiger partial charge in [0.25, 0.3) is 0 Å². The van der Waals surface area contributed by atoms with Gasteiger partial charge in [0.1, 0.15) is 12.7 Å². The van der Waals surface area contributed by atoms with Crippen molar-refractivity contribution in [1.82, 2.24) is 0 Å². The van der Waals surface area contributed by atoms with Crippen LogP contribution < -0.4 is 0 Å². The number of hydrogen-bond acceptors (Lipinski definition) is 11. The summed E-state index contributed by atoms with van der Waals surface area (Å²) in [7, 11) is 0. The van der Waals surface area contributed by atoms with Gasteiger partial charge in [-0.05, 0) is 6.42 Å². The zero-order chi connectivity index (χ0) is 21.1. The van der Waals surface area contributed by atoms with Crippen molar-refractivity contribution in [2.24, 2.45) is 0 Å². The van der Waals surface area contributed by atoms with E-state index in [0.717, 1.165) is 0 Å². The summed E-state index contributed by atoms with van der Waals surface area (Å²) in [6.45, 7) is 5.77. The number of hydrogen-bond donors (Lipinski definition) is 1. The molecule has 5 atom stereocenters. The van der Waals surface area contributed by atoms with Gasteiger partial charge in [0, 0.05) is 20.8 Å². The number of carbonyl (C=O) groups is 3. The van der Waals surface area contributed by atoms with E-state index in [-0.39, 0.29) is 26.4 Å². The highest BCUT2D eigenvalue weighted by atomic mass is 17.1. The Morgan fingerprint density at radius 3 is 1.89 bits per heavy atom. The zero-order valence-electron chi connectivity index (χ0n) is 16.5. The molecule has 162 valence electrons. The van der Waals surface area contributed by atoms with Crippen LogP contribution in [0.15, 0.2) is 0 Å². The lowest BCUT2D eigenvalue weighted by Crippen LogP contribution is -2.61. The van der Waals surface area contributed by atoms with Gasteiger partial charge in [-0.15, -0.1) is 0 Å². The molecule has 0 aliphatic carbocycles. The average molecular weight is 408 g/mol. The third-order valence-electron chi connectivity index (χ3n) is 3.73. The SMILES string of the molecule is CCC1OC(OCCOCCOO)C(OC(C)=O)C(OC(C)=O)C1OC(C)=O. The quantitative estimate of drug-likeness (QED) is 0.168. The molecule has 1 fully saturated rings. The molecule has 1 aliphatic heterocycles. The molecule has 0 amide bonds. The van der Waals surface area contributed by atoms with E-state index in [1.807, 2.05) is 0 Å². The molecular formula is C17H28O11. The van der Waals surface area contributed by atoms with Crippen molar-refractivity contribution in [2.45, 2.75) is 64.8 Å². The van der Waals surface area contributed by atoms with E-state index >= 15 is 0 Å². The Kier molecular flexibility index (Phi) is 10.9. The topological polar surface area (TPSA) is 136 Å². The molecule has 0 spiro atoms. The van der Waals surface area contributed by atoms with Crippen LogP contribution in [0.4, 0.5) is 0 Å². The molecule has 28 heavy (non-hydrogen) atoms. The maximum absolute atomic E-state index is 11.6. The van der Waals surface area contributed by atoms with E-state index in [9.17, 15) is 14.4 Å². The minimum absolute atomic E-state index is 0.00645. The average Bonchev–Trinajstić information content (AvgIpc) is 2.61. The molecular weight excluding hydrogens is 380 g/mol. The first kappa shape index (κ1) is 24.2. The van der Waals surface area contributed by atoms with Crippen molar-refractivity contribution < 1.29 is 52.9 Å². The second-order valence-electron chi connectivity index (χ2n) is 5.99. The highest BCUT2D eigenvalue weighted by Gasteiger charge is 2.51. The molecule has 1 saturated heterocycles. The van der Waals surface area contributed by atoms with Gasteiger partial charge in [-0.2, -0.15) is 0 Å². The summed E-state index contributed by atoms with van der Waals surface area (Å²) in [6, 6.07) is 0. The Morgan fingerprint density at radius 1 is 0.821 bits per heavy atom. The fraction of sp³-hybridized carbons (Fsp3) is 0.824. The minimum Gasteiger partial charge on any atom is -0.456 e. The highest BCUT2D eigenvalue weighted by molar-refractivity contribution is 5.68. The Morgan fingerprint density at radius 2 is 1.36 bits per heavy atom. The molecule has 0 aromatic carbocycles. The second kappa shape index (κ2) is 12.6. The van der Waals surface area contributed by atoms with E-state index < -0.39 is 48.6 Å². The summed E-state index contributed by atoms with van der Waals surface area (Å²) in [5.74, 6) is -1.88. The molecule has 0 bridgehead atoms. The standard InChI is InChI=1S/C17H28O11/c1-5-13-14(25-10(2)18)15(26-11(3)19)16(27-12(4)20)17(28-13)23-8-6-22-7-9-24-21/h13-17,21H,5-9H2,1-4H3. The lowest BCUT2D eigenvalue weighted by molar-refractivity contribution is -0.305. The normalized spacial score (nSPS) is 27.1.